The van der Waals surface area contributed by atoms with Crippen molar-refractivity contribution in [2.75, 3.05) is 19.6 Å². The van der Waals surface area contributed by atoms with Crippen LogP contribution in [0, 0.1) is 5.92 Å². The lowest BCUT2D eigenvalue weighted by Gasteiger charge is -2.25. The predicted molar refractivity (Wildman–Crippen MR) is 69.6 cm³/mol. The molecule has 0 radical (unpaired) electrons. The van der Waals surface area contributed by atoms with Crippen molar-refractivity contribution < 1.29 is 5.11 Å². The van der Waals surface area contributed by atoms with Crippen molar-refractivity contribution in [1.29, 1.82) is 0 Å². The van der Waals surface area contributed by atoms with Crippen molar-refractivity contribution in [3.8, 4) is 0 Å². The third-order valence-corrected chi connectivity index (χ3v) is 3.59. The number of aliphatic hydroxyl groups excluding tert-OH is 1. The highest BCUT2D eigenvalue weighted by atomic mass is 16.3. The zero-order valence-electron chi connectivity index (χ0n) is 10.4. The molecule has 3 atom stereocenters. The van der Waals surface area contributed by atoms with Gasteiger partial charge in [0.1, 0.15) is 0 Å². The summed E-state index contributed by atoms with van der Waals surface area (Å²) in [4.78, 5) is 2.30. The monoisotopic (exact) mass is 234 g/mol. The summed E-state index contributed by atoms with van der Waals surface area (Å²) in [6.07, 6.45) is 0.753. The Balaban J connectivity index is 1.89. The Hall–Kier alpha value is -0.900. The summed E-state index contributed by atoms with van der Waals surface area (Å²) in [6, 6.07) is 10.3. The van der Waals surface area contributed by atoms with E-state index in [-0.39, 0.29) is 12.1 Å². The average Bonchev–Trinajstić information content (AvgIpc) is 2.75. The Labute approximate surface area is 103 Å². The number of rotatable bonds is 4. The van der Waals surface area contributed by atoms with Crippen LogP contribution in [-0.4, -0.2) is 35.7 Å². The molecule has 3 heteroatoms. The first kappa shape index (κ1) is 12.6. The first-order chi connectivity index (χ1) is 8.16. The highest BCUT2D eigenvalue weighted by Gasteiger charge is 2.24. The maximum Gasteiger partial charge on any atom is 0.0679 e. The topological polar surface area (TPSA) is 49.5 Å². The number of aliphatic hydroxyl groups is 1. The molecule has 0 unspecified atom stereocenters. The molecular weight excluding hydrogens is 212 g/mol. The molecule has 1 aliphatic rings. The molecule has 1 heterocycles. The van der Waals surface area contributed by atoms with Crippen LogP contribution in [0.25, 0.3) is 0 Å². The Morgan fingerprint density at radius 1 is 1.41 bits per heavy atom. The largest absolute Gasteiger partial charge is 0.392 e. The van der Waals surface area contributed by atoms with Gasteiger partial charge >= 0.3 is 0 Å². The number of β-amino-alcohol motifs (C(OH)–C–C–N with tert-alkyl or cyclic N) is 1. The molecule has 1 fully saturated rings. The molecule has 2 rings (SSSR count). The summed E-state index contributed by atoms with van der Waals surface area (Å²) >= 11 is 0. The minimum atomic E-state index is -0.143. The van der Waals surface area contributed by atoms with Gasteiger partial charge in [-0.15, -0.1) is 0 Å². The Kier molecular flexibility index (Phi) is 4.15. The molecule has 0 aliphatic carbocycles. The van der Waals surface area contributed by atoms with E-state index in [9.17, 15) is 5.11 Å². The van der Waals surface area contributed by atoms with E-state index in [0.717, 1.165) is 26.1 Å². The van der Waals surface area contributed by atoms with Gasteiger partial charge in [-0.2, -0.15) is 0 Å². The van der Waals surface area contributed by atoms with Gasteiger partial charge in [-0.25, -0.2) is 0 Å². The highest BCUT2D eigenvalue weighted by molar-refractivity contribution is 5.19. The number of hydrogen-bond acceptors (Lipinski definition) is 3. The zero-order chi connectivity index (χ0) is 12.3. The lowest BCUT2D eigenvalue weighted by atomic mass is 9.95. The number of nitrogens with two attached hydrogens (primary N) is 1. The van der Waals surface area contributed by atoms with Gasteiger partial charge in [0.2, 0.25) is 0 Å². The van der Waals surface area contributed by atoms with E-state index in [1.807, 2.05) is 18.2 Å². The molecule has 17 heavy (non-hydrogen) atoms. The van der Waals surface area contributed by atoms with Gasteiger partial charge in [-0.3, -0.25) is 0 Å². The summed E-state index contributed by atoms with van der Waals surface area (Å²) < 4.78 is 0. The molecule has 0 aromatic heterocycles. The van der Waals surface area contributed by atoms with Gasteiger partial charge in [0.15, 0.2) is 0 Å². The van der Waals surface area contributed by atoms with Gasteiger partial charge in [0.05, 0.1) is 6.10 Å². The number of benzene rings is 1. The average molecular weight is 234 g/mol. The second kappa shape index (κ2) is 5.63. The minimum absolute atomic E-state index is 0.0777. The van der Waals surface area contributed by atoms with Crippen LogP contribution in [0.15, 0.2) is 30.3 Å². The molecule has 1 aliphatic heterocycles. The third kappa shape index (κ3) is 3.28. The summed E-state index contributed by atoms with van der Waals surface area (Å²) in [5.41, 5.74) is 7.46. The minimum Gasteiger partial charge on any atom is -0.392 e. The standard InChI is InChI=1S/C14H22N2O/c1-11(9-16-8-7-13(17)10-16)14(15)12-5-3-2-4-6-12/h2-6,11,13-14,17H,7-10,15H2,1H3/t11-,13-,14+/m0/s1. The Morgan fingerprint density at radius 3 is 2.71 bits per heavy atom. The van der Waals surface area contributed by atoms with Crippen LogP contribution in [0.1, 0.15) is 24.9 Å². The number of nitrogens with zero attached hydrogens (tertiary/aromatic N) is 1. The second-order valence-corrected chi connectivity index (χ2v) is 5.12. The molecule has 0 saturated carbocycles. The first-order valence-corrected chi connectivity index (χ1v) is 6.38. The molecule has 0 spiro atoms. The quantitative estimate of drug-likeness (QED) is 0.827. The van der Waals surface area contributed by atoms with Gasteiger partial charge in [0.25, 0.3) is 0 Å². The Bertz CT molecular complexity index is 341. The normalized spacial score (nSPS) is 24.8. The van der Waals surface area contributed by atoms with Gasteiger partial charge in [0, 0.05) is 25.7 Å². The van der Waals surface area contributed by atoms with E-state index in [1.54, 1.807) is 0 Å². The second-order valence-electron chi connectivity index (χ2n) is 5.12. The fourth-order valence-electron chi connectivity index (χ4n) is 2.50. The highest BCUT2D eigenvalue weighted by Crippen LogP contribution is 2.21. The van der Waals surface area contributed by atoms with Gasteiger partial charge < -0.3 is 15.7 Å². The van der Waals surface area contributed by atoms with Gasteiger partial charge in [-0.1, -0.05) is 37.3 Å². The predicted octanol–water partition coefficient (Wildman–Crippen LogP) is 1.39. The van der Waals surface area contributed by atoms with E-state index in [2.05, 4.69) is 24.0 Å². The van der Waals surface area contributed by atoms with Crippen LogP contribution in [-0.2, 0) is 0 Å². The fourth-order valence-corrected chi connectivity index (χ4v) is 2.50. The lowest BCUT2D eigenvalue weighted by molar-refractivity contribution is 0.168. The van der Waals surface area contributed by atoms with Crippen LogP contribution in [0.2, 0.25) is 0 Å². The maximum absolute atomic E-state index is 9.50. The molecule has 0 amide bonds. The van der Waals surface area contributed by atoms with E-state index < -0.39 is 0 Å². The van der Waals surface area contributed by atoms with Crippen LogP contribution in [0.4, 0.5) is 0 Å². The molecule has 3 nitrogen and oxygen atoms in total. The van der Waals surface area contributed by atoms with Crippen molar-refractivity contribution in [2.45, 2.75) is 25.5 Å². The summed E-state index contributed by atoms with van der Waals surface area (Å²) in [5.74, 6) is 0.405. The molecule has 1 aromatic carbocycles. The van der Waals surface area contributed by atoms with Crippen molar-refractivity contribution in [2.24, 2.45) is 11.7 Å². The number of likely N-dealkylation sites (tertiary alicyclic amines) is 1. The van der Waals surface area contributed by atoms with Crippen molar-refractivity contribution in [3.63, 3.8) is 0 Å². The fraction of sp³-hybridized carbons (Fsp3) is 0.571. The molecular formula is C14H22N2O. The molecule has 1 saturated heterocycles. The summed E-state index contributed by atoms with van der Waals surface area (Å²) in [6.45, 7) is 4.94. The molecule has 1 aromatic rings. The number of hydrogen-bond donors (Lipinski definition) is 2. The van der Waals surface area contributed by atoms with Crippen LogP contribution in [0.5, 0.6) is 0 Å². The maximum atomic E-state index is 9.50. The summed E-state index contributed by atoms with van der Waals surface area (Å²) in [5, 5.41) is 9.50. The SMILES string of the molecule is C[C@@H](CN1CC[C@H](O)C1)[C@@H](N)c1ccccc1. The van der Waals surface area contributed by atoms with Crippen LogP contribution in [0.3, 0.4) is 0 Å². The third-order valence-electron chi connectivity index (χ3n) is 3.59. The Morgan fingerprint density at radius 2 is 2.12 bits per heavy atom. The van der Waals surface area contributed by atoms with E-state index >= 15 is 0 Å². The van der Waals surface area contributed by atoms with Crippen LogP contribution < -0.4 is 5.73 Å². The van der Waals surface area contributed by atoms with E-state index in [4.69, 9.17) is 5.73 Å². The molecule has 94 valence electrons. The molecule has 0 bridgehead atoms. The molecule has 3 N–H and O–H groups in total. The lowest BCUT2D eigenvalue weighted by Crippen LogP contribution is -2.32. The van der Waals surface area contributed by atoms with Gasteiger partial charge in [-0.05, 0) is 17.9 Å². The van der Waals surface area contributed by atoms with E-state index in [0.29, 0.717) is 5.92 Å². The van der Waals surface area contributed by atoms with Crippen molar-refractivity contribution in [3.05, 3.63) is 35.9 Å². The van der Waals surface area contributed by atoms with E-state index in [1.165, 1.54) is 5.56 Å². The van der Waals surface area contributed by atoms with Crippen LogP contribution >= 0.6 is 0 Å². The van der Waals surface area contributed by atoms with Crippen molar-refractivity contribution in [1.82, 2.24) is 4.90 Å². The van der Waals surface area contributed by atoms with Crippen molar-refractivity contribution >= 4 is 0 Å². The zero-order valence-corrected chi connectivity index (χ0v) is 10.4. The first-order valence-electron chi connectivity index (χ1n) is 6.38. The smallest absolute Gasteiger partial charge is 0.0679 e. The summed E-state index contributed by atoms with van der Waals surface area (Å²) in [7, 11) is 0.